The number of hydrogen-bond donors (Lipinski definition) is 1. The molecule has 0 aromatic carbocycles. The Balaban J connectivity index is 3.91. The number of hydrogen-bond acceptors (Lipinski definition) is 2. The molecule has 0 aromatic heterocycles. The molecule has 2 heteroatoms. The predicted molar refractivity (Wildman–Crippen MR) is 64.8 cm³/mol. The number of likely N-dealkylation sites (N-methyl/N-ethyl adjacent to an activating group) is 1. The Labute approximate surface area is 90.1 Å². The van der Waals surface area contributed by atoms with Gasteiger partial charge in [-0.2, -0.15) is 0 Å². The smallest absolute Gasteiger partial charge is 0.0218 e. The lowest BCUT2D eigenvalue weighted by Crippen LogP contribution is -2.47. The summed E-state index contributed by atoms with van der Waals surface area (Å²) in [5.41, 5.74) is 0. The van der Waals surface area contributed by atoms with Gasteiger partial charge in [0.15, 0.2) is 0 Å². The summed E-state index contributed by atoms with van der Waals surface area (Å²) in [5, 5.41) is 3.56. The van der Waals surface area contributed by atoms with Crippen molar-refractivity contribution < 1.29 is 0 Å². The fourth-order valence-electron chi connectivity index (χ4n) is 1.80. The average molecular weight is 200 g/mol. The maximum absolute atomic E-state index is 3.56. The summed E-state index contributed by atoms with van der Waals surface area (Å²) >= 11 is 0. The van der Waals surface area contributed by atoms with Crippen LogP contribution >= 0.6 is 0 Å². The van der Waals surface area contributed by atoms with Crippen LogP contribution in [0.1, 0.15) is 47.5 Å². The molecule has 0 aliphatic carbocycles. The molecule has 2 nitrogen and oxygen atoms in total. The summed E-state index contributed by atoms with van der Waals surface area (Å²) < 4.78 is 0. The standard InChI is InChI=1S/C12H28N2/c1-6-9-13-11(4)12(5)14(8-3)10-7-2/h11-13H,6-10H2,1-5H3. The summed E-state index contributed by atoms with van der Waals surface area (Å²) in [6.45, 7) is 14.8. The fourth-order valence-corrected chi connectivity index (χ4v) is 1.80. The molecule has 0 aliphatic heterocycles. The highest BCUT2D eigenvalue weighted by Crippen LogP contribution is 2.04. The lowest BCUT2D eigenvalue weighted by molar-refractivity contribution is 0.183. The summed E-state index contributed by atoms with van der Waals surface area (Å²) in [5.74, 6) is 0. The lowest BCUT2D eigenvalue weighted by Gasteiger charge is -2.32. The Morgan fingerprint density at radius 1 is 1.07 bits per heavy atom. The Kier molecular flexibility index (Phi) is 8.20. The van der Waals surface area contributed by atoms with Crippen LogP contribution in [0.15, 0.2) is 0 Å². The van der Waals surface area contributed by atoms with Crippen LogP contribution in [0.2, 0.25) is 0 Å². The van der Waals surface area contributed by atoms with Crippen LogP contribution in [0, 0.1) is 0 Å². The zero-order valence-corrected chi connectivity index (χ0v) is 10.6. The highest BCUT2D eigenvalue weighted by molar-refractivity contribution is 4.76. The molecule has 0 saturated carbocycles. The van der Waals surface area contributed by atoms with E-state index in [0.717, 1.165) is 13.1 Å². The summed E-state index contributed by atoms with van der Waals surface area (Å²) in [7, 11) is 0. The number of rotatable bonds is 8. The van der Waals surface area contributed by atoms with E-state index >= 15 is 0 Å². The van der Waals surface area contributed by atoms with E-state index in [9.17, 15) is 0 Å². The highest BCUT2D eigenvalue weighted by atomic mass is 15.2. The monoisotopic (exact) mass is 200 g/mol. The molecule has 2 unspecified atom stereocenters. The second-order valence-corrected chi connectivity index (χ2v) is 4.11. The van der Waals surface area contributed by atoms with Crippen molar-refractivity contribution in [1.29, 1.82) is 0 Å². The van der Waals surface area contributed by atoms with Crippen LogP contribution in [0.4, 0.5) is 0 Å². The normalized spacial score (nSPS) is 15.9. The van der Waals surface area contributed by atoms with E-state index in [2.05, 4.69) is 44.8 Å². The molecule has 0 fully saturated rings. The molecule has 0 heterocycles. The molecule has 0 aromatic rings. The van der Waals surface area contributed by atoms with E-state index in [1.165, 1.54) is 19.4 Å². The molecule has 86 valence electrons. The van der Waals surface area contributed by atoms with Crippen molar-refractivity contribution in [2.24, 2.45) is 0 Å². The molecule has 14 heavy (non-hydrogen) atoms. The number of nitrogens with zero attached hydrogens (tertiary/aromatic N) is 1. The molecule has 0 bridgehead atoms. The molecule has 0 amide bonds. The van der Waals surface area contributed by atoms with E-state index in [4.69, 9.17) is 0 Å². The van der Waals surface area contributed by atoms with Crippen molar-refractivity contribution in [3.05, 3.63) is 0 Å². The maximum Gasteiger partial charge on any atom is 0.0218 e. The zero-order valence-electron chi connectivity index (χ0n) is 10.6. The Hall–Kier alpha value is -0.0800. The van der Waals surface area contributed by atoms with Gasteiger partial charge in [-0.1, -0.05) is 20.8 Å². The first-order valence-corrected chi connectivity index (χ1v) is 6.14. The second kappa shape index (κ2) is 8.25. The summed E-state index contributed by atoms with van der Waals surface area (Å²) in [6, 6.07) is 1.24. The third-order valence-electron chi connectivity index (χ3n) is 2.93. The molecule has 0 radical (unpaired) electrons. The van der Waals surface area contributed by atoms with Gasteiger partial charge < -0.3 is 5.32 Å². The van der Waals surface area contributed by atoms with Crippen LogP contribution in [0.5, 0.6) is 0 Å². The minimum atomic E-state index is 0.599. The number of nitrogens with one attached hydrogen (secondary N) is 1. The topological polar surface area (TPSA) is 15.3 Å². The molecular weight excluding hydrogens is 172 g/mol. The van der Waals surface area contributed by atoms with Gasteiger partial charge in [-0.3, -0.25) is 4.90 Å². The van der Waals surface area contributed by atoms with Crippen molar-refractivity contribution in [3.63, 3.8) is 0 Å². The zero-order chi connectivity index (χ0) is 11.0. The van der Waals surface area contributed by atoms with Gasteiger partial charge in [0.05, 0.1) is 0 Å². The summed E-state index contributed by atoms with van der Waals surface area (Å²) in [4.78, 5) is 2.55. The Morgan fingerprint density at radius 3 is 2.14 bits per heavy atom. The van der Waals surface area contributed by atoms with Crippen LogP contribution in [-0.2, 0) is 0 Å². The van der Waals surface area contributed by atoms with Crippen LogP contribution in [0.25, 0.3) is 0 Å². The van der Waals surface area contributed by atoms with Crippen molar-refractivity contribution in [2.45, 2.75) is 59.5 Å². The fraction of sp³-hybridized carbons (Fsp3) is 1.00. The first-order chi connectivity index (χ1) is 6.67. The van der Waals surface area contributed by atoms with Gasteiger partial charge >= 0.3 is 0 Å². The van der Waals surface area contributed by atoms with Crippen molar-refractivity contribution >= 4 is 0 Å². The molecule has 2 atom stereocenters. The molecular formula is C12H28N2. The molecule has 0 rings (SSSR count). The first-order valence-electron chi connectivity index (χ1n) is 6.14. The second-order valence-electron chi connectivity index (χ2n) is 4.11. The van der Waals surface area contributed by atoms with Crippen LogP contribution in [0.3, 0.4) is 0 Å². The summed E-state index contributed by atoms with van der Waals surface area (Å²) in [6.07, 6.45) is 2.47. The lowest BCUT2D eigenvalue weighted by atomic mass is 10.1. The van der Waals surface area contributed by atoms with E-state index < -0.39 is 0 Å². The van der Waals surface area contributed by atoms with Crippen molar-refractivity contribution in [2.75, 3.05) is 19.6 Å². The third-order valence-corrected chi connectivity index (χ3v) is 2.93. The average Bonchev–Trinajstić information content (AvgIpc) is 2.21. The van der Waals surface area contributed by atoms with Crippen LogP contribution in [-0.4, -0.2) is 36.6 Å². The quantitative estimate of drug-likeness (QED) is 0.647. The van der Waals surface area contributed by atoms with E-state index in [0.29, 0.717) is 12.1 Å². The first kappa shape index (κ1) is 13.9. The van der Waals surface area contributed by atoms with Crippen molar-refractivity contribution in [1.82, 2.24) is 10.2 Å². The van der Waals surface area contributed by atoms with Gasteiger partial charge in [-0.05, 0) is 46.3 Å². The third kappa shape index (κ3) is 4.97. The maximum atomic E-state index is 3.56. The Bertz CT molecular complexity index is 125. The molecule has 0 spiro atoms. The van der Waals surface area contributed by atoms with Gasteiger partial charge in [0, 0.05) is 12.1 Å². The van der Waals surface area contributed by atoms with E-state index in [1.54, 1.807) is 0 Å². The van der Waals surface area contributed by atoms with Gasteiger partial charge in [0.2, 0.25) is 0 Å². The molecule has 0 saturated heterocycles. The largest absolute Gasteiger partial charge is 0.313 e. The molecule has 0 aliphatic rings. The van der Waals surface area contributed by atoms with E-state index in [1.807, 2.05) is 0 Å². The van der Waals surface area contributed by atoms with Gasteiger partial charge in [-0.15, -0.1) is 0 Å². The molecule has 1 N–H and O–H groups in total. The van der Waals surface area contributed by atoms with E-state index in [-0.39, 0.29) is 0 Å². The minimum absolute atomic E-state index is 0.599. The van der Waals surface area contributed by atoms with Gasteiger partial charge in [0.25, 0.3) is 0 Å². The van der Waals surface area contributed by atoms with Crippen LogP contribution < -0.4 is 5.32 Å². The Morgan fingerprint density at radius 2 is 1.71 bits per heavy atom. The minimum Gasteiger partial charge on any atom is -0.313 e. The van der Waals surface area contributed by atoms with Gasteiger partial charge in [0.1, 0.15) is 0 Å². The highest BCUT2D eigenvalue weighted by Gasteiger charge is 2.16. The predicted octanol–water partition coefficient (Wildman–Crippen LogP) is 2.49. The SMILES string of the molecule is CCCNC(C)C(C)N(CC)CCC. The van der Waals surface area contributed by atoms with Gasteiger partial charge in [-0.25, -0.2) is 0 Å². The van der Waals surface area contributed by atoms with Crippen molar-refractivity contribution in [3.8, 4) is 0 Å².